The molecule has 29 heavy (non-hydrogen) atoms. The van der Waals surface area contributed by atoms with Gasteiger partial charge in [0.25, 0.3) is 10.2 Å². The molecule has 2 aromatic rings. The molecular formula is C15H18ClN7O5S. The molecule has 0 spiro atoms. The fourth-order valence-corrected chi connectivity index (χ4v) is 3.90. The number of aromatic nitrogens is 2. The van der Waals surface area contributed by atoms with Gasteiger partial charge in [0.2, 0.25) is 5.82 Å². The molecule has 1 aliphatic rings. The third-order valence-electron chi connectivity index (χ3n) is 4.34. The van der Waals surface area contributed by atoms with Crippen molar-refractivity contribution in [3.8, 4) is 5.69 Å². The predicted octanol–water partition coefficient (Wildman–Crippen LogP) is -0.0601. The summed E-state index contributed by atoms with van der Waals surface area (Å²) < 4.78 is 30.5. The van der Waals surface area contributed by atoms with Gasteiger partial charge in [-0.15, -0.1) is 0 Å². The Morgan fingerprint density at radius 3 is 2.79 bits per heavy atom. The first-order valence-corrected chi connectivity index (χ1v) is 10.3. The Bertz CT molecular complexity index is 1120. The molecule has 0 atom stereocenters. The molecule has 1 aromatic carbocycles. The third-order valence-corrected chi connectivity index (χ3v) is 5.29. The van der Waals surface area contributed by atoms with E-state index in [1.54, 1.807) is 18.2 Å². The fraction of sp³-hybridized carbons (Fsp3) is 0.333. The van der Waals surface area contributed by atoms with Crippen molar-refractivity contribution in [2.45, 2.75) is 24.8 Å². The Hall–Kier alpha value is -2.74. The summed E-state index contributed by atoms with van der Waals surface area (Å²) in [5, 5.41) is 32.2. The zero-order valence-corrected chi connectivity index (χ0v) is 16.5. The van der Waals surface area contributed by atoms with Crippen LogP contribution in [0.15, 0.2) is 38.7 Å². The molecule has 0 bridgehead atoms. The average molecular weight is 444 g/mol. The second-order valence-electron chi connectivity index (χ2n) is 6.52. The summed E-state index contributed by atoms with van der Waals surface area (Å²) in [7, 11) is -3.84. The molecule has 0 unspecified atom stereocenters. The summed E-state index contributed by atoms with van der Waals surface area (Å²) in [5.74, 6) is -1.33. The van der Waals surface area contributed by atoms with E-state index in [-0.39, 0.29) is 18.2 Å². The summed E-state index contributed by atoms with van der Waals surface area (Å²) in [6.07, 6.45) is 1.58. The van der Waals surface area contributed by atoms with Gasteiger partial charge in [0.1, 0.15) is 5.71 Å². The lowest BCUT2D eigenvalue weighted by atomic mass is 10.2. The topological polar surface area (TPSA) is 189 Å². The van der Waals surface area contributed by atoms with E-state index in [1.165, 1.54) is 6.07 Å². The zero-order chi connectivity index (χ0) is 21.2. The van der Waals surface area contributed by atoms with Crippen LogP contribution < -0.4 is 20.9 Å². The van der Waals surface area contributed by atoms with Crippen molar-refractivity contribution in [1.82, 2.24) is 19.8 Å². The molecule has 1 saturated carbocycles. The van der Waals surface area contributed by atoms with Gasteiger partial charge in [-0.1, -0.05) is 28.0 Å². The number of nitrogens with two attached hydrogens (primary N) is 1. The molecule has 0 radical (unpaired) electrons. The average Bonchev–Trinajstić information content (AvgIpc) is 3.27. The lowest BCUT2D eigenvalue weighted by molar-refractivity contribution is 0.317. The van der Waals surface area contributed by atoms with Gasteiger partial charge in [0.05, 0.1) is 5.69 Å². The molecule has 14 heteroatoms. The third kappa shape index (κ3) is 5.00. The summed E-state index contributed by atoms with van der Waals surface area (Å²) in [4.78, 5) is 12.0. The molecular weight excluding hydrogens is 426 g/mol. The van der Waals surface area contributed by atoms with Gasteiger partial charge >= 0.3 is 5.76 Å². The minimum Gasteiger partial charge on any atom is -0.409 e. The Morgan fingerprint density at radius 2 is 2.21 bits per heavy atom. The fourth-order valence-electron chi connectivity index (χ4n) is 2.81. The monoisotopic (exact) mass is 443 g/mol. The summed E-state index contributed by atoms with van der Waals surface area (Å²) in [5.41, 5.74) is -0.752. The quantitative estimate of drug-likeness (QED) is 0.163. The number of nitrogens with zero attached hydrogens (tertiary/aromatic N) is 3. The van der Waals surface area contributed by atoms with E-state index in [2.05, 4.69) is 24.9 Å². The number of nitrogens with one attached hydrogen (secondary N) is 3. The maximum atomic E-state index is 12.0. The second-order valence-corrected chi connectivity index (χ2v) is 8.25. The smallest absolute Gasteiger partial charge is 0.409 e. The number of hydrogen-bond donors (Lipinski definition) is 5. The largest absolute Gasteiger partial charge is 0.446 e. The maximum Gasteiger partial charge on any atom is 0.446 e. The normalized spacial score (nSPS) is 15.9. The Balaban J connectivity index is 1.74. The number of amidine groups is 1. The molecule has 1 heterocycles. The van der Waals surface area contributed by atoms with E-state index in [0.29, 0.717) is 30.0 Å². The van der Waals surface area contributed by atoms with Gasteiger partial charge in [-0.3, -0.25) is 9.93 Å². The van der Waals surface area contributed by atoms with Gasteiger partial charge in [-0.2, -0.15) is 13.1 Å². The van der Waals surface area contributed by atoms with Crippen molar-refractivity contribution < 1.29 is 18.1 Å². The molecule has 0 aliphatic heterocycles. The Kier molecular flexibility index (Phi) is 5.75. The van der Waals surface area contributed by atoms with Crippen LogP contribution in [0.25, 0.3) is 5.69 Å². The van der Waals surface area contributed by atoms with Gasteiger partial charge < -0.3 is 10.5 Å². The molecule has 156 valence electrons. The first-order valence-electron chi connectivity index (χ1n) is 8.36. The highest BCUT2D eigenvalue weighted by atomic mass is 35.5. The molecule has 0 amide bonds. The van der Waals surface area contributed by atoms with Gasteiger partial charge in [0.15, 0.2) is 5.84 Å². The number of benzene rings is 1. The van der Waals surface area contributed by atoms with Crippen LogP contribution in [0.4, 0.5) is 0 Å². The van der Waals surface area contributed by atoms with Crippen molar-refractivity contribution in [3.05, 3.63) is 45.7 Å². The van der Waals surface area contributed by atoms with Crippen molar-refractivity contribution in [2.24, 2.45) is 10.3 Å². The van der Waals surface area contributed by atoms with E-state index >= 15 is 0 Å². The highest BCUT2D eigenvalue weighted by molar-refractivity contribution is 7.87. The highest BCUT2D eigenvalue weighted by Gasteiger charge is 2.44. The molecule has 1 aliphatic carbocycles. The van der Waals surface area contributed by atoms with E-state index in [4.69, 9.17) is 22.1 Å². The lowest BCUT2D eigenvalue weighted by Gasteiger charge is -2.16. The first-order chi connectivity index (χ1) is 13.6. The van der Waals surface area contributed by atoms with Crippen molar-refractivity contribution in [1.29, 1.82) is 5.41 Å². The summed E-state index contributed by atoms with van der Waals surface area (Å²) in [6, 6.07) is 6.27. The summed E-state index contributed by atoms with van der Waals surface area (Å²) >= 11 is 5.94. The van der Waals surface area contributed by atoms with E-state index in [9.17, 15) is 18.4 Å². The van der Waals surface area contributed by atoms with Crippen molar-refractivity contribution in [2.75, 3.05) is 6.54 Å². The summed E-state index contributed by atoms with van der Waals surface area (Å²) in [6.45, 7) is 0.170. The second kappa shape index (κ2) is 7.94. The number of oxime groups is 1. The molecule has 12 nitrogen and oxygen atoms in total. The standard InChI is InChI=1S/C15H18ClN7O5S/c16-9-2-1-3-10(8-9)23-13(21-28-14(23)24)11(17)12(20-25)19-7-6-15(4-5-15)22-29(18,26)27/h1-3,8,17,22,25H,4-7H2,(H,19,20)(H2,18,26,27). The molecule has 0 saturated heterocycles. The van der Waals surface area contributed by atoms with Crippen LogP contribution in [0.2, 0.25) is 5.02 Å². The zero-order valence-electron chi connectivity index (χ0n) is 14.9. The molecule has 1 aromatic heterocycles. The minimum atomic E-state index is -3.84. The molecule has 3 rings (SSSR count). The lowest BCUT2D eigenvalue weighted by Crippen LogP contribution is -2.43. The predicted molar refractivity (Wildman–Crippen MR) is 104 cm³/mol. The molecule has 6 N–H and O–H groups in total. The van der Waals surface area contributed by atoms with E-state index in [1.807, 2.05) is 0 Å². The van der Waals surface area contributed by atoms with Crippen LogP contribution >= 0.6 is 11.6 Å². The number of halogens is 1. The number of hydrogen-bond acceptors (Lipinski definition) is 8. The Morgan fingerprint density at radius 1 is 1.48 bits per heavy atom. The maximum absolute atomic E-state index is 12.0. The van der Waals surface area contributed by atoms with Crippen LogP contribution in [-0.4, -0.2) is 47.0 Å². The molecule has 1 fully saturated rings. The van der Waals surface area contributed by atoms with E-state index in [0.717, 1.165) is 4.57 Å². The Labute approximate surface area is 170 Å². The first kappa shape index (κ1) is 21.0. The van der Waals surface area contributed by atoms with Crippen molar-refractivity contribution >= 4 is 33.4 Å². The number of rotatable bonds is 8. The van der Waals surface area contributed by atoms with E-state index < -0.39 is 27.2 Å². The van der Waals surface area contributed by atoms with Crippen LogP contribution in [0, 0.1) is 5.41 Å². The van der Waals surface area contributed by atoms with Gasteiger partial charge in [-0.25, -0.2) is 14.5 Å². The highest BCUT2D eigenvalue weighted by Crippen LogP contribution is 2.38. The van der Waals surface area contributed by atoms with Crippen LogP contribution in [-0.2, 0) is 10.2 Å². The minimum absolute atomic E-state index is 0.170. The van der Waals surface area contributed by atoms with Crippen molar-refractivity contribution in [3.63, 3.8) is 0 Å². The van der Waals surface area contributed by atoms with Gasteiger partial charge in [-0.05, 0) is 37.5 Å². The SMILES string of the molecule is N=C(/C(=N\O)NCCC1(NS(N)(=O)=O)CC1)c1noc(=O)n1-c1cccc(Cl)c1. The van der Waals surface area contributed by atoms with Gasteiger partial charge in [0, 0.05) is 17.1 Å². The van der Waals surface area contributed by atoms with Crippen LogP contribution in [0.1, 0.15) is 25.1 Å². The van der Waals surface area contributed by atoms with Crippen LogP contribution in [0.3, 0.4) is 0 Å². The van der Waals surface area contributed by atoms with Crippen LogP contribution in [0.5, 0.6) is 0 Å².